The van der Waals surface area contributed by atoms with Gasteiger partial charge in [0.05, 0.1) is 0 Å². The molecule has 1 aliphatic rings. The Morgan fingerprint density at radius 3 is 2.48 bits per heavy atom. The first-order valence-corrected chi connectivity index (χ1v) is 8.46. The minimum atomic E-state index is 0.411. The molecule has 0 radical (unpaired) electrons. The highest BCUT2D eigenvalue weighted by molar-refractivity contribution is 5.59. The predicted octanol–water partition coefficient (Wildman–Crippen LogP) is 4.27. The zero-order chi connectivity index (χ0) is 15.2. The van der Waals surface area contributed by atoms with E-state index in [-0.39, 0.29) is 0 Å². The topological polar surface area (TPSA) is 49.8 Å². The molecule has 21 heavy (non-hydrogen) atoms. The van der Waals surface area contributed by atoms with E-state index in [1.54, 1.807) is 6.33 Å². The molecule has 1 fully saturated rings. The minimum absolute atomic E-state index is 0.411. The first-order valence-electron chi connectivity index (χ1n) is 8.46. The molecule has 1 saturated carbocycles. The smallest absolute Gasteiger partial charge is 0.134 e. The summed E-state index contributed by atoms with van der Waals surface area (Å²) in [6.07, 6.45) is 6.86. The lowest BCUT2D eigenvalue weighted by atomic mass is 9.98. The van der Waals surface area contributed by atoms with Gasteiger partial charge in [-0.05, 0) is 30.6 Å². The van der Waals surface area contributed by atoms with Crippen LogP contribution < -0.4 is 10.6 Å². The minimum Gasteiger partial charge on any atom is -0.370 e. The summed E-state index contributed by atoms with van der Waals surface area (Å²) < 4.78 is 0. The predicted molar refractivity (Wildman–Crippen MR) is 89.9 cm³/mol. The molecule has 2 N–H and O–H groups in total. The molecule has 0 saturated heterocycles. The Balaban J connectivity index is 2.10. The van der Waals surface area contributed by atoms with Gasteiger partial charge in [0.25, 0.3) is 0 Å². The van der Waals surface area contributed by atoms with Gasteiger partial charge in [-0.15, -0.1) is 0 Å². The van der Waals surface area contributed by atoms with Crippen LogP contribution in [-0.2, 0) is 0 Å². The fourth-order valence-corrected chi connectivity index (χ4v) is 3.22. The third-order valence-electron chi connectivity index (χ3n) is 4.57. The molecule has 1 aromatic rings. The summed E-state index contributed by atoms with van der Waals surface area (Å²) in [6.45, 7) is 10.9. The number of hydrogen-bond donors (Lipinski definition) is 2. The van der Waals surface area contributed by atoms with E-state index in [1.165, 1.54) is 24.8 Å². The largest absolute Gasteiger partial charge is 0.370 e. The van der Waals surface area contributed by atoms with Crippen molar-refractivity contribution < 1.29 is 0 Å². The number of anilines is 2. The Labute approximate surface area is 129 Å². The molecule has 0 spiro atoms. The normalized spacial score (nSPS) is 21.8. The number of nitrogens with one attached hydrogen (secondary N) is 2. The maximum Gasteiger partial charge on any atom is 0.134 e. The van der Waals surface area contributed by atoms with Crippen molar-refractivity contribution in [3.63, 3.8) is 0 Å². The molecule has 1 aromatic heterocycles. The third-order valence-corrected chi connectivity index (χ3v) is 4.57. The molecule has 4 nitrogen and oxygen atoms in total. The van der Waals surface area contributed by atoms with Crippen LogP contribution in [0.25, 0.3) is 0 Å². The summed E-state index contributed by atoms with van der Waals surface area (Å²) in [5.41, 5.74) is 1.22. The molecule has 0 aromatic carbocycles. The fraction of sp³-hybridized carbons (Fsp3) is 0.765. The number of nitrogens with zero attached hydrogens (tertiary/aromatic N) is 2. The van der Waals surface area contributed by atoms with Crippen molar-refractivity contribution in [1.29, 1.82) is 0 Å². The summed E-state index contributed by atoms with van der Waals surface area (Å²) in [4.78, 5) is 8.92. The average molecular weight is 290 g/mol. The van der Waals surface area contributed by atoms with Gasteiger partial charge in [-0.3, -0.25) is 0 Å². The van der Waals surface area contributed by atoms with Crippen LogP contribution in [0, 0.1) is 11.8 Å². The lowest BCUT2D eigenvalue weighted by molar-refractivity contribution is 0.439. The molecular weight excluding hydrogens is 260 g/mol. The van der Waals surface area contributed by atoms with Gasteiger partial charge < -0.3 is 10.6 Å². The SMILES string of the molecule is CCCNc1ncnc(NCC2CCCC2C)c1C(C)C. The number of rotatable bonds is 7. The standard InChI is InChI=1S/C17H30N4/c1-5-9-18-16-15(12(2)3)17(21-11-20-16)19-10-14-8-6-7-13(14)4/h11-14H,5-10H2,1-4H3,(H2,18,19,20,21). The average Bonchev–Trinajstić information content (AvgIpc) is 2.87. The first kappa shape index (κ1) is 16.1. The Morgan fingerprint density at radius 2 is 1.90 bits per heavy atom. The van der Waals surface area contributed by atoms with Crippen molar-refractivity contribution in [3.05, 3.63) is 11.9 Å². The summed E-state index contributed by atoms with van der Waals surface area (Å²) in [5.74, 6) is 4.03. The first-order chi connectivity index (χ1) is 10.1. The zero-order valence-electron chi connectivity index (χ0n) is 13.9. The van der Waals surface area contributed by atoms with Gasteiger partial charge in [-0.1, -0.05) is 40.5 Å². The molecule has 1 aliphatic carbocycles. The fourth-order valence-electron chi connectivity index (χ4n) is 3.22. The Hall–Kier alpha value is -1.32. The highest BCUT2D eigenvalue weighted by Gasteiger charge is 2.24. The van der Waals surface area contributed by atoms with Crippen molar-refractivity contribution >= 4 is 11.6 Å². The Bertz CT molecular complexity index is 444. The highest BCUT2D eigenvalue weighted by atomic mass is 15.1. The summed E-state index contributed by atoms with van der Waals surface area (Å²) in [6, 6.07) is 0. The zero-order valence-corrected chi connectivity index (χ0v) is 13.9. The van der Waals surface area contributed by atoms with E-state index < -0.39 is 0 Å². The van der Waals surface area contributed by atoms with Crippen molar-refractivity contribution in [2.45, 2.75) is 59.3 Å². The van der Waals surface area contributed by atoms with Gasteiger partial charge in [0.1, 0.15) is 18.0 Å². The molecular formula is C17H30N4. The second-order valence-electron chi connectivity index (χ2n) is 6.62. The van der Waals surface area contributed by atoms with E-state index in [2.05, 4.69) is 48.3 Å². The van der Waals surface area contributed by atoms with Crippen molar-refractivity contribution in [2.24, 2.45) is 11.8 Å². The van der Waals surface area contributed by atoms with Crippen LogP contribution in [0.2, 0.25) is 0 Å². The molecule has 1 heterocycles. The van der Waals surface area contributed by atoms with E-state index in [4.69, 9.17) is 0 Å². The van der Waals surface area contributed by atoms with E-state index in [9.17, 15) is 0 Å². The number of hydrogen-bond acceptors (Lipinski definition) is 4. The summed E-state index contributed by atoms with van der Waals surface area (Å²) in [7, 11) is 0. The monoisotopic (exact) mass is 290 g/mol. The lowest BCUT2D eigenvalue weighted by Crippen LogP contribution is -2.19. The molecule has 0 bridgehead atoms. The molecule has 0 aliphatic heterocycles. The maximum atomic E-state index is 4.49. The van der Waals surface area contributed by atoms with E-state index in [0.717, 1.165) is 43.0 Å². The quantitative estimate of drug-likeness (QED) is 0.787. The summed E-state index contributed by atoms with van der Waals surface area (Å²) in [5, 5.41) is 7.02. The van der Waals surface area contributed by atoms with Gasteiger partial charge in [0, 0.05) is 18.7 Å². The lowest BCUT2D eigenvalue weighted by Gasteiger charge is -2.20. The second kappa shape index (κ2) is 7.62. The van der Waals surface area contributed by atoms with Crippen LogP contribution in [0.5, 0.6) is 0 Å². The van der Waals surface area contributed by atoms with Crippen LogP contribution in [0.15, 0.2) is 6.33 Å². The molecule has 4 heteroatoms. The maximum absolute atomic E-state index is 4.49. The van der Waals surface area contributed by atoms with Crippen molar-refractivity contribution in [1.82, 2.24) is 9.97 Å². The van der Waals surface area contributed by atoms with E-state index in [1.807, 2.05) is 0 Å². The summed E-state index contributed by atoms with van der Waals surface area (Å²) >= 11 is 0. The molecule has 0 amide bonds. The van der Waals surface area contributed by atoms with Crippen LogP contribution >= 0.6 is 0 Å². The third kappa shape index (κ3) is 4.08. The van der Waals surface area contributed by atoms with E-state index >= 15 is 0 Å². The van der Waals surface area contributed by atoms with Gasteiger partial charge in [0.2, 0.25) is 0 Å². The van der Waals surface area contributed by atoms with E-state index in [0.29, 0.717) is 5.92 Å². The van der Waals surface area contributed by atoms with Crippen LogP contribution in [0.3, 0.4) is 0 Å². The number of aromatic nitrogens is 2. The van der Waals surface area contributed by atoms with Crippen LogP contribution in [-0.4, -0.2) is 23.1 Å². The second-order valence-corrected chi connectivity index (χ2v) is 6.62. The molecule has 2 unspecified atom stereocenters. The van der Waals surface area contributed by atoms with Gasteiger partial charge >= 0.3 is 0 Å². The Morgan fingerprint density at radius 1 is 1.19 bits per heavy atom. The van der Waals surface area contributed by atoms with Gasteiger partial charge in [-0.25, -0.2) is 9.97 Å². The molecule has 2 atom stereocenters. The van der Waals surface area contributed by atoms with Crippen molar-refractivity contribution in [2.75, 3.05) is 23.7 Å². The molecule has 2 rings (SSSR count). The van der Waals surface area contributed by atoms with Gasteiger partial charge in [0.15, 0.2) is 0 Å². The van der Waals surface area contributed by atoms with Crippen LogP contribution in [0.4, 0.5) is 11.6 Å². The highest BCUT2D eigenvalue weighted by Crippen LogP contribution is 2.33. The van der Waals surface area contributed by atoms with Gasteiger partial charge in [-0.2, -0.15) is 0 Å². The van der Waals surface area contributed by atoms with Crippen molar-refractivity contribution in [3.8, 4) is 0 Å². The Kier molecular flexibility index (Phi) is 5.83. The van der Waals surface area contributed by atoms with Crippen LogP contribution in [0.1, 0.15) is 64.9 Å². The molecule has 118 valence electrons.